The Morgan fingerprint density at radius 2 is 0.543 bits per heavy atom. The third-order valence-corrected chi connectivity index (χ3v) is 15.1. The fourth-order valence-corrected chi connectivity index (χ4v) is 9.90. The van der Waals surface area contributed by atoms with E-state index in [1.165, 1.54) is 250 Å². The van der Waals surface area contributed by atoms with E-state index in [9.17, 15) is 14.4 Å². The lowest BCUT2D eigenvalue weighted by molar-refractivity contribution is -0.167. The van der Waals surface area contributed by atoms with Gasteiger partial charge in [0, 0.05) is 19.3 Å². The molecule has 0 aliphatic heterocycles. The Balaban J connectivity index is 4.28. The average molecular weight is 990 g/mol. The summed E-state index contributed by atoms with van der Waals surface area (Å²) in [5.41, 5.74) is 0. The van der Waals surface area contributed by atoms with Gasteiger partial charge in [0.15, 0.2) is 6.10 Å². The van der Waals surface area contributed by atoms with Gasteiger partial charge in [0.1, 0.15) is 13.2 Å². The van der Waals surface area contributed by atoms with Crippen LogP contribution in [0.4, 0.5) is 0 Å². The molecule has 0 amide bonds. The van der Waals surface area contributed by atoms with Crippen LogP contribution in [0, 0.1) is 11.8 Å². The van der Waals surface area contributed by atoms with E-state index in [4.69, 9.17) is 14.2 Å². The highest BCUT2D eigenvalue weighted by Gasteiger charge is 2.19. The van der Waals surface area contributed by atoms with Gasteiger partial charge in [-0.2, -0.15) is 0 Å². The van der Waals surface area contributed by atoms with Crippen molar-refractivity contribution in [1.82, 2.24) is 0 Å². The topological polar surface area (TPSA) is 78.9 Å². The van der Waals surface area contributed by atoms with E-state index in [0.717, 1.165) is 69.6 Å². The fraction of sp³-hybridized carbons (Fsp3) is 0.953. The zero-order chi connectivity index (χ0) is 51.1. The standard InChI is InChI=1S/C64H124O6/c1-6-8-9-10-11-12-13-14-17-26-31-36-41-46-51-56-64(67)70-61(58-69-63(66)55-50-45-40-35-30-25-21-20-23-28-33-38-43-48-53-60(5)7-2)57-68-62(65)54-49-44-39-34-29-24-19-16-15-18-22-27-32-37-42-47-52-59(3)4/h59-61H,6-58H2,1-5H3/t60?,61-/m1/s1. The first-order valence-corrected chi connectivity index (χ1v) is 31.8. The van der Waals surface area contributed by atoms with Crippen molar-refractivity contribution < 1.29 is 28.6 Å². The van der Waals surface area contributed by atoms with Crippen LogP contribution < -0.4 is 0 Å². The highest BCUT2D eigenvalue weighted by atomic mass is 16.6. The maximum atomic E-state index is 12.9. The van der Waals surface area contributed by atoms with Crippen LogP contribution in [-0.2, 0) is 28.6 Å². The second-order valence-corrected chi connectivity index (χ2v) is 22.8. The Hall–Kier alpha value is -1.59. The van der Waals surface area contributed by atoms with E-state index >= 15 is 0 Å². The van der Waals surface area contributed by atoms with Crippen LogP contribution in [0.3, 0.4) is 0 Å². The third-order valence-electron chi connectivity index (χ3n) is 15.1. The van der Waals surface area contributed by atoms with Crippen molar-refractivity contribution in [3.63, 3.8) is 0 Å². The number of esters is 3. The summed E-state index contributed by atoms with van der Waals surface area (Å²) in [4.78, 5) is 38.3. The number of rotatable bonds is 58. The van der Waals surface area contributed by atoms with Crippen LogP contribution >= 0.6 is 0 Å². The number of carbonyl (C=O) groups excluding carboxylic acids is 3. The third kappa shape index (κ3) is 55.7. The number of ether oxygens (including phenoxy) is 3. The Labute approximate surface area is 438 Å². The Morgan fingerprint density at radius 1 is 0.300 bits per heavy atom. The van der Waals surface area contributed by atoms with E-state index in [2.05, 4.69) is 34.6 Å². The molecule has 416 valence electrons. The molecular weight excluding hydrogens is 865 g/mol. The summed E-state index contributed by atoms with van der Waals surface area (Å²) >= 11 is 0. The Bertz CT molecular complexity index is 1070. The lowest BCUT2D eigenvalue weighted by Gasteiger charge is -2.18. The summed E-state index contributed by atoms with van der Waals surface area (Å²) in [5.74, 6) is 0.917. The number of carbonyl (C=O) groups is 3. The second-order valence-electron chi connectivity index (χ2n) is 22.8. The molecule has 0 N–H and O–H groups in total. The molecule has 0 aromatic carbocycles. The predicted octanol–water partition coefficient (Wildman–Crippen LogP) is 21.2. The highest BCUT2D eigenvalue weighted by molar-refractivity contribution is 5.71. The first kappa shape index (κ1) is 68.4. The smallest absolute Gasteiger partial charge is 0.306 e. The molecule has 0 aromatic rings. The normalized spacial score (nSPS) is 12.4. The van der Waals surface area contributed by atoms with Crippen molar-refractivity contribution in [2.45, 2.75) is 368 Å². The second kappa shape index (κ2) is 56.7. The number of hydrogen-bond acceptors (Lipinski definition) is 6. The van der Waals surface area contributed by atoms with E-state index in [0.29, 0.717) is 19.3 Å². The van der Waals surface area contributed by atoms with Crippen molar-refractivity contribution in [3.05, 3.63) is 0 Å². The van der Waals surface area contributed by atoms with Crippen LogP contribution in [-0.4, -0.2) is 37.2 Å². The fourth-order valence-electron chi connectivity index (χ4n) is 9.90. The van der Waals surface area contributed by atoms with Crippen molar-refractivity contribution in [2.24, 2.45) is 11.8 Å². The maximum Gasteiger partial charge on any atom is 0.306 e. The summed E-state index contributed by atoms with van der Waals surface area (Å²) in [6.07, 6.45) is 62.3. The van der Waals surface area contributed by atoms with E-state index < -0.39 is 6.10 Å². The summed E-state index contributed by atoms with van der Waals surface area (Å²) in [6, 6.07) is 0. The van der Waals surface area contributed by atoms with Gasteiger partial charge in [-0.1, -0.05) is 324 Å². The van der Waals surface area contributed by atoms with Gasteiger partial charge in [-0.05, 0) is 31.1 Å². The molecule has 0 aliphatic carbocycles. The maximum absolute atomic E-state index is 12.9. The molecule has 0 aromatic heterocycles. The highest BCUT2D eigenvalue weighted by Crippen LogP contribution is 2.19. The van der Waals surface area contributed by atoms with Crippen LogP contribution in [0.25, 0.3) is 0 Å². The van der Waals surface area contributed by atoms with Crippen molar-refractivity contribution in [2.75, 3.05) is 13.2 Å². The lowest BCUT2D eigenvalue weighted by atomic mass is 9.99. The van der Waals surface area contributed by atoms with Crippen LogP contribution in [0.15, 0.2) is 0 Å². The Morgan fingerprint density at radius 3 is 0.814 bits per heavy atom. The molecule has 0 radical (unpaired) electrons. The largest absolute Gasteiger partial charge is 0.462 e. The van der Waals surface area contributed by atoms with Crippen molar-refractivity contribution >= 4 is 17.9 Å². The monoisotopic (exact) mass is 989 g/mol. The summed E-state index contributed by atoms with van der Waals surface area (Å²) < 4.78 is 17.0. The molecule has 1 unspecified atom stereocenters. The van der Waals surface area contributed by atoms with E-state index in [-0.39, 0.29) is 31.1 Å². The van der Waals surface area contributed by atoms with Gasteiger partial charge in [0.2, 0.25) is 0 Å². The van der Waals surface area contributed by atoms with Gasteiger partial charge < -0.3 is 14.2 Å². The molecule has 0 bridgehead atoms. The molecule has 0 saturated carbocycles. The average Bonchev–Trinajstić information content (AvgIpc) is 3.35. The minimum atomic E-state index is -0.763. The molecule has 6 heteroatoms. The van der Waals surface area contributed by atoms with Gasteiger partial charge in [-0.3, -0.25) is 14.4 Å². The minimum Gasteiger partial charge on any atom is -0.462 e. The molecule has 0 aliphatic rings. The summed E-state index contributed by atoms with van der Waals surface area (Å²) in [5, 5.41) is 0. The van der Waals surface area contributed by atoms with Gasteiger partial charge >= 0.3 is 17.9 Å². The first-order valence-electron chi connectivity index (χ1n) is 31.8. The molecule has 6 nitrogen and oxygen atoms in total. The van der Waals surface area contributed by atoms with Gasteiger partial charge in [-0.25, -0.2) is 0 Å². The molecule has 0 saturated heterocycles. The van der Waals surface area contributed by atoms with Gasteiger partial charge in [0.25, 0.3) is 0 Å². The quantitative estimate of drug-likeness (QED) is 0.0343. The first-order chi connectivity index (χ1) is 34.3. The minimum absolute atomic E-state index is 0.0618. The SMILES string of the molecule is CCCCCCCCCCCCCCCCCC(=O)O[C@H](COC(=O)CCCCCCCCCCCCCCCCCCC(C)C)COC(=O)CCCCCCCCCCCCCCCCC(C)CC. The molecule has 70 heavy (non-hydrogen) atoms. The van der Waals surface area contributed by atoms with Crippen molar-refractivity contribution in [3.8, 4) is 0 Å². The van der Waals surface area contributed by atoms with Crippen molar-refractivity contribution in [1.29, 1.82) is 0 Å². The summed E-state index contributed by atoms with van der Waals surface area (Å²) in [6.45, 7) is 11.5. The van der Waals surface area contributed by atoms with Crippen LogP contribution in [0.5, 0.6) is 0 Å². The van der Waals surface area contributed by atoms with Gasteiger partial charge in [0.05, 0.1) is 0 Å². The van der Waals surface area contributed by atoms with E-state index in [1.807, 2.05) is 0 Å². The molecule has 0 spiro atoms. The van der Waals surface area contributed by atoms with Gasteiger partial charge in [-0.15, -0.1) is 0 Å². The Kier molecular flexibility index (Phi) is 55.4. The predicted molar refractivity (Wildman–Crippen MR) is 303 cm³/mol. The van der Waals surface area contributed by atoms with Crippen LogP contribution in [0.2, 0.25) is 0 Å². The summed E-state index contributed by atoms with van der Waals surface area (Å²) in [7, 11) is 0. The number of unbranched alkanes of at least 4 members (excludes halogenated alkanes) is 42. The van der Waals surface area contributed by atoms with E-state index in [1.54, 1.807) is 0 Å². The zero-order valence-electron chi connectivity index (χ0n) is 48.2. The lowest BCUT2D eigenvalue weighted by Crippen LogP contribution is -2.30. The molecule has 0 heterocycles. The van der Waals surface area contributed by atoms with Crippen LogP contribution in [0.1, 0.15) is 362 Å². The number of hydrogen-bond donors (Lipinski definition) is 0. The molecular formula is C64H124O6. The zero-order valence-corrected chi connectivity index (χ0v) is 48.2. The molecule has 2 atom stereocenters. The molecule has 0 rings (SSSR count). The molecule has 0 fully saturated rings.